The van der Waals surface area contributed by atoms with Crippen molar-refractivity contribution in [3.63, 3.8) is 0 Å². The van der Waals surface area contributed by atoms with Gasteiger partial charge < -0.3 is 15.4 Å². The normalized spacial score (nSPS) is 20.8. The van der Waals surface area contributed by atoms with Crippen LogP contribution in [0.2, 0.25) is 0 Å². The molecule has 0 radical (unpaired) electrons. The first-order chi connectivity index (χ1) is 9.71. The van der Waals surface area contributed by atoms with Crippen molar-refractivity contribution in [1.82, 2.24) is 4.90 Å². The fraction of sp³-hybridized carbons (Fsp3) is 0.533. The number of nitrogens with two attached hydrogens (primary N) is 1. The zero-order valence-corrected chi connectivity index (χ0v) is 14.3. The minimum atomic E-state index is -0.137. The molecule has 1 saturated carbocycles. The first kappa shape index (κ1) is 16.5. The molecule has 1 saturated heterocycles. The SMILES string of the molecule is I.NC(=NCC1(c2ccccc2F)CC1)N1CCOCC1. The van der Waals surface area contributed by atoms with Crippen LogP contribution in [0.5, 0.6) is 0 Å². The Labute approximate surface area is 141 Å². The van der Waals surface area contributed by atoms with Crippen LogP contribution >= 0.6 is 24.0 Å². The molecule has 0 spiro atoms. The average Bonchev–Trinajstić information content (AvgIpc) is 3.27. The number of benzene rings is 1. The van der Waals surface area contributed by atoms with Crippen molar-refractivity contribution in [2.24, 2.45) is 10.7 Å². The summed E-state index contributed by atoms with van der Waals surface area (Å²) in [6.45, 7) is 3.50. The van der Waals surface area contributed by atoms with Crippen molar-refractivity contribution in [2.75, 3.05) is 32.8 Å². The molecule has 0 bridgehead atoms. The molecule has 3 rings (SSSR count). The van der Waals surface area contributed by atoms with Crippen molar-refractivity contribution < 1.29 is 9.13 Å². The van der Waals surface area contributed by atoms with E-state index in [1.165, 1.54) is 6.07 Å². The summed E-state index contributed by atoms with van der Waals surface area (Å²) in [6.07, 6.45) is 1.96. The van der Waals surface area contributed by atoms with Crippen LogP contribution in [0.4, 0.5) is 4.39 Å². The van der Waals surface area contributed by atoms with E-state index in [1.807, 2.05) is 17.0 Å². The van der Waals surface area contributed by atoms with Gasteiger partial charge in [-0.2, -0.15) is 0 Å². The second-order valence-electron chi connectivity index (χ2n) is 5.53. The second-order valence-corrected chi connectivity index (χ2v) is 5.53. The molecule has 2 N–H and O–H groups in total. The maximum Gasteiger partial charge on any atom is 0.191 e. The van der Waals surface area contributed by atoms with Gasteiger partial charge in [0.05, 0.1) is 19.8 Å². The molecule has 1 aromatic rings. The molecule has 0 unspecified atom stereocenters. The molecule has 2 fully saturated rings. The quantitative estimate of drug-likeness (QED) is 0.476. The van der Waals surface area contributed by atoms with Gasteiger partial charge in [-0.15, -0.1) is 24.0 Å². The van der Waals surface area contributed by atoms with E-state index in [-0.39, 0.29) is 35.2 Å². The average molecular weight is 405 g/mol. The molecule has 116 valence electrons. The maximum atomic E-state index is 13.9. The Balaban J connectivity index is 0.00000161. The highest BCUT2D eigenvalue weighted by molar-refractivity contribution is 14.0. The van der Waals surface area contributed by atoms with E-state index in [1.54, 1.807) is 6.07 Å². The number of hydrogen-bond acceptors (Lipinski definition) is 2. The van der Waals surface area contributed by atoms with E-state index in [0.717, 1.165) is 31.5 Å². The predicted molar refractivity (Wildman–Crippen MR) is 91.6 cm³/mol. The van der Waals surface area contributed by atoms with E-state index in [4.69, 9.17) is 10.5 Å². The lowest BCUT2D eigenvalue weighted by atomic mass is 9.95. The zero-order valence-electron chi connectivity index (χ0n) is 11.9. The summed E-state index contributed by atoms with van der Waals surface area (Å²) in [4.78, 5) is 6.53. The van der Waals surface area contributed by atoms with Gasteiger partial charge in [0.1, 0.15) is 5.82 Å². The first-order valence-corrected chi connectivity index (χ1v) is 7.09. The summed E-state index contributed by atoms with van der Waals surface area (Å²) < 4.78 is 19.2. The molecule has 1 aromatic carbocycles. The first-order valence-electron chi connectivity index (χ1n) is 7.09. The number of halogens is 2. The highest BCUT2D eigenvalue weighted by Gasteiger charge is 2.45. The smallest absolute Gasteiger partial charge is 0.191 e. The van der Waals surface area contributed by atoms with Gasteiger partial charge in [-0.25, -0.2) is 4.39 Å². The lowest BCUT2D eigenvalue weighted by Gasteiger charge is -2.28. The van der Waals surface area contributed by atoms with E-state index >= 15 is 0 Å². The number of morpholine rings is 1. The van der Waals surface area contributed by atoms with Crippen LogP contribution in [-0.2, 0) is 10.2 Å². The fourth-order valence-corrected chi connectivity index (χ4v) is 2.68. The lowest BCUT2D eigenvalue weighted by molar-refractivity contribution is 0.0674. The summed E-state index contributed by atoms with van der Waals surface area (Å²) in [6, 6.07) is 6.99. The summed E-state index contributed by atoms with van der Waals surface area (Å²) in [5.41, 5.74) is 6.67. The summed E-state index contributed by atoms with van der Waals surface area (Å²) >= 11 is 0. The van der Waals surface area contributed by atoms with Crippen LogP contribution in [0.1, 0.15) is 18.4 Å². The topological polar surface area (TPSA) is 50.8 Å². The van der Waals surface area contributed by atoms with Crippen LogP contribution in [0, 0.1) is 5.82 Å². The third-order valence-corrected chi connectivity index (χ3v) is 4.18. The van der Waals surface area contributed by atoms with Crippen LogP contribution in [0.15, 0.2) is 29.3 Å². The largest absolute Gasteiger partial charge is 0.378 e. The van der Waals surface area contributed by atoms with E-state index < -0.39 is 0 Å². The van der Waals surface area contributed by atoms with Crippen molar-refractivity contribution in [1.29, 1.82) is 0 Å². The Morgan fingerprint density at radius 2 is 1.95 bits per heavy atom. The van der Waals surface area contributed by atoms with Gasteiger partial charge >= 0.3 is 0 Å². The number of rotatable bonds is 3. The number of guanidine groups is 1. The van der Waals surface area contributed by atoms with Crippen molar-refractivity contribution in [3.8, 4) is 0 Å². The van der Waals surface area contributed by atoms with Crippen molar-refractivity contribution in [2.45, 2.75) is 18.3 Å². The van der Waals surface area contributed by atoms with Gasteiger partial charge in [-0.3, -0.25) is 4.99 Å². The molecular weight excluding hydrogens is 384 g/mol. The minimum absolute atomic E-state index is 0. The Kier molecular flexibility index (Phi) is 5.43. The standard InChI is InChI=1S/C15H20FN3O.HI/c16-13-4-2-1-3-12(13)15(5-6-15)11-18-14(17)19-7-9-20-10-8-19;/h1-4H,5-11H2,(H2,17,18);1H. The zero-order chi connectivity index (χ0) is 14.0. The third-order valence-electron chi connectivity index (χ3n) is 4.18. The van der Waals surface area contributed by atoms with Gasteiger partial charge in [-0.1, -0.05) is 18.2 Å². The van der Waals surface area contributed by atoms with Crippen LogP contribution in [0.25, 0.3) is 0 Å². The second kappa shape index (κ2) is 6.91. The molecule has 2 aliphatic rings. The van der Waals surface area contributed by atoms with Crippen LogP contribution in [-0.4, -0.2) is 43.7 Å². The summed E-state index contributed by atoms with van der Waals surface area (Å²) in [7, 11) is 0. The summed E-state index contributed by atoms with van der Waals surface area (Å²) in [5.74, 6) is 0.418. The van der Waals surface area contributed by atoms with Gasteiger partial charge in [0, 0.05) is 18.5 Å². The maximum absolute atomic E-state index is 13.9. The third kappa shape index (κ3) is 3.66. The Morgan fingerprint density at radius 3 is 2.57 bits per heavy atom. The van der Waals surface area contributed by atoms with Gasteiger partial charge in [-0.05, 0) is 24.5 Å². The number of aliphatic imine (C=N–C) groups is 1. The number of ether oxygens (including phenoxy) is 1. The van der Waals surface area contributed by atoms with Crippen molar-refractivity contribution in [3.05, 3.63) is 35.6 Å². The fourth-order valence-electron chi connectivity index (χ4n) is 2.68. The Hall–Kier alpha value is -0.890. The molecule has 21 heavy (non-hydrogen) atoms. The van der Waals surface area contributed by atoms with Crippen LogP contribution in [0.3, 0.4) is 0 Å². The molecule has 0 atom stereocenters. The Morgan fingerprint density at radius 1 is 1.29 bits per heavy atom. The molecule has 0 amide bonds. The van der Waals surface area contributed by atoms with E-state index in [2.05, 4.69) is 4.99 Å². The molecular formula is C15H21FIN3O. The molecule has 4 nitrogen and oxygen atoms in total. The van der Waals surface area contributed by atoms with Crippen LogP contribution < -0.4 is 5.73 Å². The molecule has 1 aliphatic carbocycles. The van der Waals surface area contributed by atoms with E-state index in [0.29, 0.717) is 25.7 Å². The molecule has 1 heterocycles. The Bertz CT molecular complexity index is 513. The summed E-state index contributed by atoms with van der Waals surface area (Å²) in [5, 5.41) is 0. The molecule has 1 aliphatic heterocycles. The highest BCUT2D eigenvalue weighted by atomic mass is 127. The van der Waals surface area contributed by atoms with Gasteiger partial charge in [0.15, 0.2) is 5.96 Å². The monoisotopic (exact) mass is 405 g/mol. The highest BCUT2D eigenvalue weighted by Crippen LogP contribution is 2.49. The van der Waals surface area contributed by atoms with Crippen molar-refractivity contribution >= 4 is 29.9 Å². The van der Waals surface area contributed by atoms with E-state index in [9.17, 15) is 4.39 Å². The molecule has 6 heteroatoms. The number of hydrogen-bond donors (Lipinski definition) is 1. The van der Waals surface area contributed by atoms with Gasteiger partial charge in [0.25, 0.3) is 0 Å². The number of nitrogens with zero attached hydrogens (tertiary/aromatic N) is 2. The predicted octanol–water partition coefficient (Wildman–Crippen LogP) is 2.12. The molecule has 0 aromatic heterocycles. The van der Waals surface area contributed by atoms with Gasteiger partial charge in [0.2, 0.25) is 0 Å². The minimum Gasteiger partial charge on any atom is -0.378 e. The lowest BCUT2D eigenvalue weighted by Crippen LogP contribution is -2.45.